The van der Waals surface area contributed by atoms with Crippen molar-refractivity contribution in [2.45, 2.75) is 32.7 Å². The molecule has 1 fully saturated rings. The summed E-state index contributed by atoms with van der Waals surface area (Å²) in [6.07, 6.45) is 2.40. The molecule has 0 aromatic rings. The van der Waals surface area contributed by atoms with Gasteiger partial charge in [-0.1, -0.05) is 0 Å². The van der Waals surface area contributed by atoms with Crippen molar-refractivity contribution >= 4 is 5.96 Å². The van der Waals surface area contributed by atoms with Crippen molar-refractivity contribution in [3.63, 3.8) is 0 Å². The van der Waals surface area contributed by atoms with Crippen LogP contribution in [0.25, 0.3) is 0 Å². The number of nitrogens with two attached hydrogens (primary N) is 1. The highest BCUT2D eigenvalue weighted by atomic mass is 16.5. The molecule has 1 heterocycles. The maximum atomic E-state index is 5.87. The summed E-state index contributed by atoms with van der Waals surface area (Å²) in [5.74, 6) is 1.24. The van der Waals surface area contributed by atoms with Crippen LogP contribution in [0.3, 0.4) is 0 Å². The molecule has 2 N–H and O–H groups in total. The average molecular weight is 213 g/mol. The van der Waals surface area contributed by atoms with E-state index < -0.39 is 0 Å². The second kappa shape index (κ2) is 5.95. The molecule has 1 unspecified atom stereocenters. The highest BCUT2D eigenvalue weighted by molar-refractivity contribution is 5.77. The summed E-state index contributed by atoms with van der Waals surface area (Å²) in [7, 11) is 2.00. The van der Waals surface area contributed by atoms with Crippen LogP contribution >= 0.6 is 0 Å². The molecule has 1 aliphatic rings. The van der Waals surface area contributed by atoms with Gasteiger partial charge in [-0.15, -0.1) is 0 Å². The third-order valence-electron chi connectivity index (χ3n) is 2.57. The Morgan fingerprint density at radius 1 is 1.60 bits per heavy atom. The van der Waals surface area contributed by atoms with Crippen molar-refractivity contribution in [2.75, 3.05) is 26.8 Å². The van der Waals surface area contributed by atoms with Crippen LogP contribution in [0.4, 0.5) is 0 Å². The molecule has 0 aromatic heterocycles. The Balaban J connectivity index is 2.36. The zero-order valence-electron chi connectivity index (χ0n) is 10.1. The van der Waals surface area contributed by atoms with E-state index >= 15 is 0 Å². The smallest absolute Gasteiger partial charge is 0.191 e. The fourth-order valence-electron chi connectivity index (χ4n) is 1.80. The Hall–Kier alpha value is -0.770. The summed E-state index contributed by atoms with van der Waals surface area (Å²) < 4.78 is 5.44. The van der Waals surface area contributed by atoms with E-state index in [1.54, 1.807) is 0 Å². The summed E-state index contributed by atoms with van der Waals surface area (Å²) in [5, 5.41) is 0. The summed E-state index contributed by atoms with van der Waals surface area (Å²) in [6.45, 7) is 6.78. The van der Waals surface area contributed by atoms with Gasteiger partial charge in [0.05, 0.1) is 6.61 Å². The first-order valence-corrected chi connectivity index (χ1v) is 5.71. The van der Waals surface area contributed by atoms with E-state index in [-0.39, 0.29) is 6.04 Å². The molecule has 4 nitrogen and oxygen atoms in total. The summed E-state index contributed by atoms with van der Waals surface area (Å²) in [4.78, 5) is 6.35. The van der Waals surface area contributed by atoms with Gasteiger partial charge in [-0.2, -0.15) is 0 Å². The third-order valence-corrected chi connectivity index (χ3v) is 2.57. The lowest BCUT2D eigenvalue weighted by atomic mass is 10.0. The predicted molar refractivity (Wildman–Crippen MR) is 62.9 cm³/mol. The lowest BCUT2D eigenvalue weighted by molar-refractivity contribution is 0.0484. The average Bonchev–Trinajstić information content (AvgIpc) is 2.18. The van der Waals surface area contributed by atoms with Crippen molar-refractivity contribution in [3.05, 3.63) is 0 Å². The number of rotatable bonds is 3. The van der Waals surface area contributed by atoms with Crippen molar-refractivity contribution < 1.29 is 4.74 Å². The van der Waals surface area contributed by atoms with Crippen LogP contribution in [0.2, 0.25) is 0 Å². The first-order chi connectivity index (χ1) is 7.09. The van der Waals surface area contributed by atoms with Crippen LogP contribution in [-0.2, 0) is 4.74 Å². The molecule has 0 radical (unpaired) electrons. The first-order valence-electron chi connectivity index (χ1n) is 5.71. The normalized spacial score (nSPS) is 23.2. The summed E-state index contributed by atoms with van der Waals surface area (Å²) >= 11 is 0. The Bertz CT molecular complexity index is 210. The molecule has 1 saturated heterocycles. The maximum absolute atomic E-state index is 5.87. The number of ether oxygens (including phenoxy) is 1. The maximum Gasteiger partial charge on any atom is 0.191 e. The van der Waals surface area contributed by atoms with Crippen molar-refractivity contribution in [1.82, 2.24) is 4.90 Å². The number of aliphatic imine (C=N–C) groups is 1. The molecule has 88 valence electrons. The zero-order valence-corrected chi connectivity index (χ0v) is 10.1. The summed E-state index contributed by atoms with van der Waals surface area (Å²) in [5.41, 5.74) is 5.87. The highest BCUT2D eigenvalue weighted by Crippen LogP contribution is 2.14. The van der Waals surface area contributed by atoms with Gasteiger partial charge in [0.2, 0.25) is 0 Å². The van der Waals surface area contributed by atoms with E-state index in [9.17, 15) is 0 Å². The second-order valence-electron chi connectivity index (χ2n) is 4.54. The molecular weight excluding hydrogens is 190 g/mol. The molecule has 0 aromatic carbocycles. The van der Waals surface area contributed by atoms with E-state index in [0.29, 0.717) is 11.9 Å². The highest BCUT2D eigenvalue weighted by Gasteiger charge is 2.16. The van der Waals surface area contributed by atoms with E-state index in [4.69, 9.17) is 10.5 Å². The fourth-order valence-corrected chi connectivity index (χ4v) is 1.80. The molecule has 0 aliphatic carbocycles. The Kier molecular flexibility index (Phi) is 4.88. The van der Waals surface area contributed by atoms with Crippen LogP contribution in [-0.4, -0.2) is 43.7 Å². The Morgan fingerprint density at radius 2 is 2.33 bits per heavy atom. The lowest BCUT2D eigenvalue weighted by Crippen LogP contribution is -2.40. The van der Waals surface area contributed by atoms with Crippen LogP contribution < -0.4 is 5.73 Å². The van der Waals surface area contributed by atoms with E-state index in [1.807, 2.05) is 25.8 Å². The van der Waals surface area contributed by atoms with Gasteiger partial charge in [0.15, 0.2) is 5.96 Å². The molecular formula is C11H23N3O. The predicted octanol–water partition coefficient (Wildman–Crippen LogP) is 1.07. The van der Waals surface area contributed by atoms with Gasteiger partial charge in [0.25, 0.3) is 0 Å². The molecule has 0 saturated carbocycles. The molecule has 1 aliphatic heterocycles. The van der Waals surface area contributed by atoms with Gasteiger partial charge in [-0.25, -0.2) is 0 Å². The Labute approximate surface area is 92.5 Å². The van der Waals surface area contributed by atoms with Crippen LogP contribution in [0.1, 0.15) is 26.7 Å². The molecule has 0 bridgehead atoms. The molecule has 1 rings (SSSR count). The Morgan fingerprint density at radius 3 is 2.87 bits per heavy atom. The minimum absolute atomic E-state index is 0.259. The topological polar surface area (TPSA) is 50.8 Å². The van der Waals surface area contributed by atoms with Crippen LogP contribution in [0.5, 0.6) is 0 Å². The van der Waals surface area contributed by atoms with Crippen LogP contribution in [0.15, 0.2) is 4.99 Å². The molecule has 1 atom stereocenters. The monoisotopic (exact) mass is 213 g/mol. The SMILES string of the molecule is CC(C)N=C(N)N(C)CC1CCCOC1. The number of hydrogen-bond acceptors (Lipinski definition) is 2. The third kappa shape index (κ3) is 4.51. The number of nitrogens with zero attached hydrogens (tertiary/aromatic N) is 2. The minimum atomic E-state index is 0.259. The van der Waals surface area contributed by atoms with Crippen molar-refractivity contribution in [3.8, 4) is 0 Å². The summed E-state index contributed by atoms with van der Waals surface area (Å²) in [6, 6.07) is 0.259. The largest absolute Gasteiger partial charge is 0.381 e. The lowest BCUT2D eigenvalue weighted by Gasteiger charge is -2.27. The van der Waals surface area contributed by atoms with E-state index in [0.717, 1.165) is 19.8 Å². The standard InChI is InChI=1S/C11H23N3O/c1-9(2)13-11(12)14(3)7-10-5-4-6-15-8-10/h9-10H,4-8H2,1-3H3,(H2,12,13). The number of hydrogen-bond donors (Lipinski definition) is 1. The molecule has 4 heteroatoms. The van der Waals surface area contributed by atoms with Gasteiger partial charge in [-0.3, -0.25) is 4.99 Å². The van der Waals surface area contributed by atoms with Crippen molar-refractivity contribution in [1.29, 1.82) is 0 Å². The van der Waals surface area contributed by atoms with Gasteiger partial charge < -0.3 is 15.4 Å². The first kappa shape index (κ1) is 12.3. The number of guanidine groups is 1. The molecule has 15 heavy (non-hydrogen) atoms. The van der Waals surface area contributed by atoms with Crippen molar-refractivity contribution in [2.24, 2.45) is 16.6 Å². The molecule has 0 spiro atoms. The van der Waals surface area contributed by atoms with Gasteiger partial charge in [0.1, 0.15) is 0 Å². The zero-order chi connectivity index (χ0) is 11.3. The minimum Gasteiger partial charge on any atom is -0.381 e. The van der Waals surface area contributed by atoms with E-state index in [1.165, 1.54) is 12.8 Å². The molecule has 0 amide bonds. The quantitative estimate of drug-likeness (QED) is 0.563. The van der Waals surface area contributed by atoms with Crippen LogP contribution in [0, 0.1) is 5.92 Å². The van der Waals surface area contributed by atoms with Gasteiger partial charge >= 0.3 is 0 Å². The van der Waals surface area contributed by atoms with E-state index in [2.05, 4.69) is 4.99 Å². The van der Waals surface area contributed by atoms with Gasteiger partial charge in [-0.05, 0) is 32.6 Å². The van der Waals surface area contributed by atoms with Gasteiger partial charge in [0, 0.05) is 26.2 Å². The second-order valence-corrected chi connectivity index (χ2v) is 4.54. The fraction of sp³-hybridized carbons (Fsp3) is 0.909.